The van der Waals surface area contributed by atoms with Crippen molar-refractivity contribution in [1.29, 1.82) is 0 Å². The van der Waals surface area contributed by atoms with E-state index in [1.165, 1.54) is 4.57 Å². The number of nitrogens with zero attached hydrogens (tertiary/aromatic N) is 7. The molecule has 1 N–H and O–H groups in total. The van der Waals surface area contributed by atoms with Crippen LogP contribution < -0.4 is 5.32 Å². The minimum absolute atomic E-state index is 0.342. The lowest BCUT2D eigenvalue weighted by molar-refractivity contribution is -0.0705. The van der Waals surface area contributed by atoms with Gasteiger partial charge in [-0.1, -0.05) is 0 Å². The summed E-state index contributed by atoms with van der Waals surface area (Å²) in [6.07, 6.45) is 5.01. The van der Waals surface area contributed by atoms with E-state index in [1.807, 2.05) is 18.3 Å². The Balaban J connectivity index is 1.22. The van der Waals surface area contributed by atoms with Gasteiger partial charge in [0.15, 0.2) is 5.65 Å². The van der Waals surface area contributed by atoms with Crippen molar-refractivity contribution in [3.8, 4) is 11.1 Å². The van der Waals surface area contributed by atoms with Crippen molar-refractivity contribution in [2.24, 2.45) is 0 Å². The maximum Gasteiger partial charge on any atom is 0.256 e. The van der Waals surface area contributed by atoms with Crippen LogP contribution in [0, 0.1) is 6.92 Å². The zero-order chi connectivity index (χ0) is 23.2. The zero-order valence-corrected chi connectivity index (χ0v) is 18.9. The molecule has 0 saturated carbocycles. The first-order chi connectivity index (χ1) is 16.5. The molecular formula is C23H26F2N8O. The van der Waals surface area contributed by atoms with Gasteiger partial charge < -0.3 is 14.6 Å². The van der Waals surface area contributed by atoms with Crippen molar-refractivity contribution >= 4 is 22.6 Å². The first kappa shape index (κ1) is 21.4. The van der Waals surface area contributed by atoms with Crippen molar-refractivity contribution in [3.63, 3.8) is 0 Å². The van der Waals surface area contributed by atoms with E-state index in [9.17, 15) is 8.78 Å². The van der Waals surface area contributed by atoms with E-state index < -0.39 is 13.0 Å². The van der Waals surface area contributed by atoms with Crippen LogP contribution >= 0.6 is 0 Å². The molecule has 0 aliphatic carbocycles. The molecule has 11 heteroatoms. The fourth-order valence-corrected chi connectivity index (χ4v) is 4.87. The predicted molar refractivity (Wildman–Crippen MR) is 123 cm³/mol. The summed E-state index contributed by atoms with van der Waals surface area (Å²) in [4.78, 5) is 15.8. The van der Waals surface area contributed by atoms with Gasteiger partial charge in [0.05, 0.1) is 43.0 Å². The van der Waals surface area contributed by atoms with Gasteiger partial charge in [0.25, 0.3) is 6.43 Å². The van der Waals surface area contributed by atoms with Gasteiger partial charge in [-0.05, 0) is 31.9 Å². The van der Waals surface area contributed by atoms with E-state index in [0.29, 0.717) is 35.0 Å². The lowest BCUT2D eigenvalue weighted by Crippen LogP contribution is -2.53. The van der Waals surface area contributed by atoms with Crippen LogP contribution in [0.3, 0.4) is 0 Å². The van der Waals surface area contributed by atoms with Gasteiger partial charge in [0, 0.05) is 42.7 Å². The topological polar surface area (TPSA) is 85.4 Å². The lowest BCUT2D eigenvalue weighted by Gasteiger charge is -2.41. The second kappa shape index (κ2) is 8.55. The second-order valence-electron chi connectivity index (χ2n) is 9.01. The lowest BCUT2D eigenvalue weighted by atomic mass is 10.0. The van der Waals surface area contributed by atoms with Gasteiger partial charge in [-0.2, -0.15) is 0 Å². The Morgan fingerprint density at radius 1 is 1.15 bits per heavy atom. The van der Waals surface area contributed by atoms with Gasteiger partial charge in [-0.3, -0.25) is 4.90 Å². The third kappa shape index (κ3) is 3.88. The highest BCUT2D eigenvalue weighted by atomic mass is 19.3. The van der Waals surface area contributed by atoms with E-state index >= 15 is 0 Å². The fourth-order valence-electron chi connectivity index (χ4n) is 4.87. The van der Waals surface area contributed by atoms with E-state index in [2.05, 4.69) is 30.3 Å². The van der Waals surface area contributed by atoms with Crippen LogP contribution in [0.2, 0.25) is 0 Å². The predicted octanol–water partition coefficient (Wildman–Crippen LogP) is 2.99. The number of halogens is 2. The minimum Gasteiger partial charge on any atom is -0.378 e. The Hall–Kier alpha value is -3.18. The van der Waals surface area contributed by atoms with Crippen molar-refractivity contribution < 1.29 is 13.5 Å². The number of alkyl halides is 2. The number of likely N-dealkylation sites (tertiary alicyclic amines) is 1. The van der Waals surface area contributed by atoms with Crippen molar-refractivity contribution in [3.05, 3.63) is 36.5 Å². The normalized spacial score (nSPS) is 18.2. The molecule has 34 heavy (non-hydrogen) atoms. The van der Waals surface area contributed by atoms with Crippen LogP contribution in [-0.2, 0) is 11.3 Å². The monoisotopic (exact) mass is 468 g/mol. The highest BCUT2D eigenvalue weighted by Gasteiger charge is 2.29. The molecular weight excluding hydrogens is 442 g/mol. The summed E-state index contributed by atoms with van der Waals surface area (Å²) >= 11 is 0. The molecule has 0 aromatic carbocycles. The Morgan fingerprint density at radius 3 is 2.71 bits per heavy atom. The standard InChI is InChI=1S/C23H26F2N8O/c1-14-28-22-19(32(14)11-21(24)25)8-15(9-26-22)18-4-7-33-20(18)10-27-23(30-33)29-16-2-5-31(6-3-16)17-12-34-13-17/h4,7-10,16-17,21H,2-3,5-6,11-13H2,1H3,(H,29,30). The first-order valence-corrected chi connectivity index (χ1v) is 11.6. The summed E-state index contributed by atoms with van der Waals surface area (Å²) in [5, 5.41) is 8.12. The molecule has 0 bridgehead atoms. The molecule has 0 spiro atoms. The van der Waals surface area contributed by atoms with E-state index in [0.717, 1.165) is 55.8 Å². The van der Waals surface area contributed by atoms with E-state index in [-0.39, 0.29) is 0 Å². The number of aromatic nitrogens is 6. The molecule has 0 amide bonds. The number of fused-ring (bicyclic) bond motifs is 2. The smallest absolute Gasteiger partial charge is 0.256 e. The van der Waals surface area contributed by atoms with Gasteiger partial charge in [0.2, 0.25) is 5.95 Å². The summed E-state index contributed by atoms with van der Waals surface area (Å²) in [6.45, 7) is 5.12. The molecule has 2 saturated heterocycles. The number of hydrogen-bond acceptors (Lipinski definition) is 7. The summed E-state index contributed by atoms with van der Waals surface area (Å²) < 4.78 is 34.7. The average Bonchev–Trinajstić information content (AvgIpc) is 3.34. The maximum absolute atomic E-state index is 13.1. The Kier molecular flexibility index (Phi) is 5.37. The molecule has 4 aromatic heterocycles. The summed E-state index contributed by atoms with van der Waals surface area (Å²) in [7, 11) is 0. The van der Waals surface area contributed by atoms with Crippen LogP contribution in [0.5, 0.6) is 0 Å². The molecule has 0 radical (unpaired) electrons. The zero-order valence-electron chi connectivity index (χ0n) is 18.9. The molecule has 0 unspecified atom stereocenters. The van der Waals surface area contributed by atoms with Crippen LogP contribution in [0.4, 0.5) is 14.7 Å². The third-order valence-electron chi connectivity index (χ3n) is 6.84. The van der Waals surface area contributed by atoms with E-state index in [4.69, 9.17) is 4.74 Å². The maximum atomic E-state index is 13.1. The van der Waals surface area contributed by atoms with Crippen molar-refractivity contribution in [2.75, 3.05) is 31.6 Å². The van der Waals surface area contributed by atoms with Crippen LogP contribution in [0.1, 0.15) is 18.7 Å². The molecule has 9 nitrogen and oxygen atoms in total. The highest BCUT2D eigenvalue weighted by molar-refractivity contribution is 5.85. The van der Waals surface area contributed by atoms with Gasteiger partial charge >= 0.3 is 0 Å². The molecule has 178 valence electrons. The second-order valence-corrected chi connectivity index (χ2v) is 9.01. The number of rotatable bonds is 6. The SMILES string of the molecule is Cc1nc2ncc(-c3ccn4nc(NC5CCN(C6COC6)CC5)ncc34)cc2n1CC(F)F. The van der Waals surface area contributed by atoms with Crippen LogP contribution in [-0.4, -0.2) is 78.8 Å². The number of imidazole rings is 1. The number of nitrogens with one attached hydrogen (secondary N) is 1. The van der Waals surface area contributed by atoms with Crippen LogP contribution in [0.25, 0.3) is 27.8 Å². The summed E-state index contributed by atoms with van der Waals surface area (Å²) in [5.74, 6) is 1.12. The largest absolute Gasteiger partial charge is 0.378 e. The number of piperidine rings is 1. The van der Waals surface area contributed by atoms with Gasteiger partial charge in [-0.15, -0.1) is 5.10 Å². The van der Waals surface area contributed by atoms with Gasteiger partial charge in [0.1, 0.15) is 5.82 Å². The Morgan fingerprint density at radius 2 is 1.97 bits per heavy atom. The molecule has 4 aromatic rings. The molecule has 2 fully saturated rings. The number of hydrogen-bond donors (Lipinski definition) is 1. The molecule has 6 heterocycles. The number of aryl methyl sites for hydroxylation is 1. The molecule has 2 aliphatic heterocycles. The number of ether oxygens (including phenoxy) is 1. The molecule has 6 rings (SSSR count). The van der Waals surface area contributed by atoms with Crippen LogP contribution in [0.15, 0.2) is 30.7 Å². The van der Waals surface area contributed by atoms with Crippen molar-refractivity contribution in [2.45, 2.75) is 44.8 Å². The highest BCUT2D eigenvalue weighted by Crippen LogP contribution is 2.28. The first-order valence-electron chi connectivity index (χ1n) is 11.6. The van der Waals surface area contributed by atoms with Gasteiger partial charge in [-0.25, -0.2) is 28.2 Å². The fraction of sp³-hybridized carbons (Fsp3) is 0.478. The van der Waals surface area contributed by atoms with Crippen molar-refractivity contribution in [1.82, 2.24) is 34.0 Å². The molecule has 2 aliphatic rings. The summed E-state index contributed by atoms with van der Waals surface area (Å²) in [6, 6.07) is 4.72. The third-order valence-corrected chi connectivity index (χ3v) is 6.84. The Labute approximate surface area is 194 Å². The molecule has 0 atom stereocenters. The number of pyridine rings is 1. The minimum atomic E-state index is -2.46. The quantitative estimate of drug-likeness (QED) is 0.466. The number of anilines is 1. The average molecular weight is 469 g/mol. The Bertz CT molecular complexity index is 1320. The summed E-state index contributed by atoms with van der Waals surface area (Å²) in [5.41, 5.74) is 3.57. The van der Waals surface area contributed by atoms with E-state index in [1.54, 1.807) is 23.8 Å².